The largest absolute Gasteiger partial charge is 0.481 e. The molecular formula is C8H16N2O5S. The number of primary amides is 1. The summed E-state index contributed by atoms with van der Waals surface area (Å²) in [7, 11) is -3.54. The summed E-state index contributed by atoms with van der Waals surface area (Å²) in [6.07, 6.45) is -0.253. The van der Waals surface area contributed by atoms with Crippen molar-refractivity contribution in [1.29, 1.82) is 0 Å². The van der Waals surface area contributed by atoms with Gasteiger partial charge in [0.05, 0.1) is 5.75 Å². The molecule has 94 valence electrons. The van der Waals surface area contributed by atoms with Gasteiger partial charge in [0.25, 0.3) is 0 Å². The minimum Gasteiger partial charge on any atom is -0.481 e. The number of carbonyl (C=O) groups excluding carboxylic acids is 1. The molecule has 1 amide bonds. The lowest BCUT2D eigenvalue weighted by atomic mass is 10.2. The monoisotopic (exact) mass is 252 g/mol. The molecule has 8 heteroatoms. The number of carboxylic acids is 1. The Labute approximate surface area is 94.1 Å². The summed E-state index contributed by atoms with van der Waals surface area (Å²) in [6, 6.07) is -0.577. The predicted octanol–water partition coefficient (Wildman–Crippen LogP) is -0.965. The highest BCUT2D eigenvalue weighted by atomic mass is 32.2. The van der Waals surface area contributed by atoms with Crippen LogP contribution < -0.4 is 10.5 Å². The van der Waals surface area contributed by atoms with Gasteiger partial charge in [0.2, 0.25) is 15.9 Å². The lowest BCUT2D eigenvalue weighted by Crippen LogP contribution is -2.37. The van der Waals surface area contributed by atoms with Crippen molar-refractivity contribution in [3.63, 3.8) is 0 Å². The molecule has 0 saturated heterocycles. The highest BCUT2D eigenvalue weighted by Crippen LogP contribution is 1.98. The van der Waals surface area contributed by atoms with Crippen molar-refractivity contribution >= 4 is 21.9 Å². The molecule has 16 heavy (non-hydrogen) atoms. The summed E-state index contributed by atoms with van der Waals surface area (Å²) in [5.74, 6) is -1.91. The van der Waals surface area contributed by atoms with Crippen molar-refractivity contribution in [1.82, 2.24) is 4.72 Å². The molecule has 1 unspecified atom stereocenters. The molecule has 0 spiro atoms. The van der Waals surface area contributed by atoms with E-state index in [-0.39, 0.29) is 25.0 Å². The molecule has 4 N–H and O–H groups in total. The molecule has 1 atom stereocenters. The van der Waals surface area contributed by atoms with E-state index in [9.17, 15) is 18.0 Å². The molecule has 7 nitrogen and oxygen atoms in total. The quantitative estimate of drug-likeness (QED) is 0.512. The molecule has 0 heterocycles. The number of carboxylic acid groups (broad SMARTS) is 1. The Kier molecular flexibility index (Phi) is 5.97. The molecule has 0 aromatic rings. The maximum atomic E-state index is 11.3. The van der Waals surface area contributed by atoms with Crippen LogP contribution in [-0.2, 0) is 19.6 Å². The SMILES string of the molecule is CC(CC(N)=O)NS(=O)(=O)CCCC(=O)O. The number of hydrogen-bond acceptors (Lipinski definition) is 4. The van der Waals surface area contributed by atoms with Crippen LogP contribution in [0.15, 0.2) is 0 Å². The fourth-order valence-corrected chi connectivity index (χ4v) is 2.46. The first-order chi connectivity index (χ1) is 7.23. The molecule has 0 aliphatic heterocycles. The number of nitrogens with two attached hydrogens (primary N) is 1. The van der Waals surface area contributed by atoms with Crippen LogP contribution in [0.4, 0.5) is 0 Å². The average Bonchev–Trinajstić information content (AvgIpc) is 1.98. The molecule has 0 bridgehead atoms. The molecule has 0 aromatic heterocycles. The van der Waals surface area contributed by atoms with Gasteiger partial charge in [-0.1, -0.05) is 0 Å². The topological polar surface area (TPSA) is 127 Å². The average molecular weight is 252 g/mol. The standard InChI is InChI=1S/C8H16N2O5S/c1-6(5-7(9)11)10-16(14,15)4-2-3-8(12)13/h6,10H,2-5H2,1H3,(H2,9,11)(H,12,13). The highest BCUT2D eigenvalue weighted by molar-refractivity contribution is 7.89. The van der Waals surface area contributed by atoms with Gasteiger partial charge in [-0.2, -0.15) is 0 Å². The molecule has 0 aliphatic carbocycles. The Morgan fingerprint density at radius 2 is 2.00 bits per heavy atom. The van der Waals surface area contributed by atoms with Gasteiger partial charge in [-0.25, -0.2) is 13.1 Å². The molecule has 0 aliphatic rings. The van der Waals surface area contributed by atoms with E-state index >= 15 is 0 Å². The Balaban J connectivity index is 4.04. The van der Waals surface area contributed by atoms with E-state index in [1.165, 1.54) is 6.92 Å². The van der Waals surface area contributed by atoms with Gasteiger partial charge in [0.15, 0.2) is 0 Å². The number of aliphatic carboxylic acids is 1. The highest BCUT2D eigenvalue weighted by Gasteiger charge is 2.16. The number of amides is 1. The van der Waals surface area contributed by atoms with Crippen LogP contribution in [0.1, 0.15) is 26.2 Å². The van der Waals surface area contributed by atoms with E-state index in [1.54, 1.807) is 0 Å². The van der Waals surface area contributed by atoms with Crippen LogP contribution in [0.5, 0.6) is 0 Å². The van der Waals surface area contributed by atoms with Gasteiger partial charge in [-0.05, 0) is 13.3 Å². The number of nitrogens with one attached hydrogen (secondary N) is 1. The van der Waals surface area contributed by atoms with Crippen LogP contribution in [-0.4, -0.2) is 37.2 Å². The van der Waals surface area contributed by atoms with Crippen LogP contribution in [0.25, 0.3) is 0 Å². The van der Waals surface area contributed by atoms with Crippen molar-refractivity contribution in [2.45, 2.75) is 32.2 Å². The van der Waals surface area contributed by atoms with Crippen LogP contribution in [0, 0.1) is 0 Å². The second-order valence-electron chi connectivity index (χ2n) is 3.51. The van der Waals surface area contributed by atoms with E-state index in [0.29, 0.717) is 0 Å². The smallest absolute Gasteiger partial charge is 0.303 e. The zero-order valence-corrected chi connectivity index (χ0v) is 9.79. The minimum absolute atomic E-state index is 0.0357. The zero-order valence-electron chi connectivity index (χ0n) is 8.97. The Morgan fingerprint density at radius 1 is 1.44 bits per heavy atom. The van der Waals surface area contributed by atoms with E-state index in [2.05, 4.69) is 4.72 Å². The lowest BCUT2D eigenvalue weighted by molar-refractivity contribution is -0.137. The fraction of sp³-hybridized carbons (Fsp3) is 0.750. The Hall–Kier alpha value is -1.15. The van der Waals surface area contributed by atoms with Crippen molar-refractivity contribution in [3.8, 4) is 0 Å². The van der Waals surface area contributed by atoms with Gasteiger partial charge in [0.1, 0.15) is 0 Å². The minimum atomic E-state index is -3.54. The summed E-state index contributed by atoms with van der Waals surface area (Å²) in [6.45, 7) is 1.51. The second kappa shape index (κ2) is 6.44. The van der Waals surface area contributed by atoms with Gasteiger partial charge in [-0.15, -0.1) is 0 Å². The summed E-state index contributed by atoms with van der Waals surface area (Å²) >= 11 is 0. The van der Waals surface area contributed by atoms with Gasteiger partial charge in [0, 0.05) is 18.9 Å². The van der Waals surface area contributed by atoms with Crippen molar-refractivity contribution in [2.24, 2.45) is 5.73 Å². The Morgan fingerprint density at radius 3 is 2.44 bits per heavy atom. The van der Waals surface area contributed by atoms with Crippen molar-refractivity contribution < 1.29 is 23.1 Å². The molecule has 0 aromatic carbocycles. The third-order valence-corrected chi connectivity index (χ3v) is 3.28. The summed E-state index contributed by atoms with van der Waals surface area (Å²) in [4.78, 5) is 20.7. The first-order valence-corrected chi connectivity index (χ1v) is 6.38. The maximum absolute atomic E-state index is 11.3. The van der Waals surface area contributed by atoms with Crippen LogP contribution >= 0.6 is 0 Å². The van der Waals surface area contributed by atoms with Crippen LogP contribution in [0.3, 0.4) is 0 Å². The number of sulfonamides is 1. The Bertz CT molecular complexity index is 351. The third kappa shape index (κ3) is 8.18. The number of carbonyl (C=O) groups is 2. The van der Waals surface area contributed by atoms with E-state index in [1.807, 2.05) is 0 Å². The van der Waals surface area contributed by atoms with Gasteiger partial charge >= 0.3 is 5.97 Å². The van der Waals surface area contributed by atoms with Gasteiger partial charge in [-0.3, -0.25) is 9.59 Å². The van der Waals surface area contributed by atoms with Crippen molar-refractivity contribution in [3.05, 3.63) is 0 Å². The first kappa shape index (κ1) is 14.8. The summed E-state index contributed by atoms with van der Waals surface area (Å²) in [5.41, 5.74) is 4.90. The van der Waals surface area contributed by atoms with Crippen molar-refractivity contribution in [2.75, 3.05) is 5.75 Å². The van der Waals surface area contributed by atoms with E-state index in [4.69, 9.17) is 10.8 Å². The second-order valence-corrected chi connectivity index (χ2v) is 5.38. The van der Waals surface area contributed by atoms with E-state index in [0.717, 1.165) is 0 Å². The third-order valence-electron chi connectivity index (χ3n) is 1.69. The molecule has 0 fully saturated rings. The van der Waals surface area contributed by atoms with Gasteiger partial charge < -0.3 is 10.8 Å². The molecule has 0 rings (SSSR count). The predicted molar refractivity (Wildman–Crippen MR) is 57.1 cm³/mol. The first-order valence-electron chi connectivity index (χ1n) is 4.73. The summed E-state index contributed by atoms with van der Waals surface area (Å²) < 4.78 is 24.9. The van der Waals surface area contributed by atoms with Crippen LogP contribution in [0.2, 0.25) is 0 Å². The normalized spacial score (nSPS) is 13.3. The lowest BCUT2D eigenvalue weighted by Gasteiger charge is -2.11. The number of rotatable bonds is 8. The zero-order chi connectivity index (χ0) is 12.8. The number of hydrogen-bond donors (Lipinski definition) is 3. The molecule has 0 saturated carbocycles. The van der Waals surface area contributed by atoms with E-state index < -0.39 is 27.9 Å². The fourth-order valence-electron chi connectivity index (χ4n) is 1.12. The molecule has 0 radical (unpaired) electrons. The summed E-state index contributed by atoms with van der Waals surface area (Å²) in [5, 5.41) is 8.33. The maximum Gasteiger partial charge on any atom is 0.303 e. The molecular weight excluding hydrogens is 236 g/mol.